The summed E-state index contributed by atoms with van der Waals surface area (Å²) in [6.07, 6.45) is 1.01. The van der Waals surface area contributed by atoms with Crippen molar-refractivity contribution in [3.05, 3.63) is 138 Å². The van der Waals surface area contributed by atoms with Crippen molar-refractivity contribution >= 4 is 23.2 Å². The van der Waals surface area contributed by atoms with Gasteiger partial charge in [0.2, 0.25) is 0 Å². The average molecular weight is 474 g/mol. The lowest BCUT2D eigenvalue weighted by atomic mass is 10.0. The van der Waals surface area contributed by atoms with E-state index in [-0.39, 0.29) is 0 Å². The second-order valence-electron chi connectivity index (χ2n) is 9.93. The third-order valence-electron chi connectivity index (χ3n) is 7.30. The Morgan fingerprint density at radius 1 is 0.571 bits per heavy atom. The fraction of sp³-hybridized carbons (Fsp3) is 0.176. The summed E-state index contributed by atoms with van der Waals surface area (Å²) in [6, 6.07) is 43.2. The number of hydrogen-bond acceptors (Lipinski definition) is 0. The molecule has 0 atom stereocenters. The largest absolute Gasteiger partial charge is 0.116 e. The number of aryl methyl sites for hydroxylation is 2. The van der Waals surface area contributed by atoms with Gasteiger partial charge in [-0.25, -0.2) is 0 Å². The Hall–Kier alpha value is -3.21. The Labute approximate surface area is 211 Å². The van der Waals surface area contributed by atoms with Crippen molar-refractivity contribution in [1.29, 1.82) is 0 Å². The first-order valence-corrected chi connectivity index (χ1v) is 14.6. The van der Waals surface area contributed by atoms with Gasteiger partial charge in [-0.3, -0.25) is 0 Å². The van der Waals surface area contributed by atoms with Gasteiger partial charge in [0.05, 0.1) is 6.16 Å². The number of rotatable bonds is 6. The maximum atomic E-state index is 2.46. The molecule has 0 aliphatic heterocycles. The fourth-order valence-electron chi connectivity index (χ4n) is 5.46. The van der Waals surface area contributed by atoms with E-state index in [1.807, 2.05) is 0 Å². The monoisotopic (exact) mass is 473 g/mol. The van der Waals surface area contributed by atoms with Crippen LogP contribution >= 0.6 is 7.26 Å². The zero-order valence-electron chi connectivity index (χ0n) is 21.2. The first-order valence-electron chi connectivity index (χ1n) is 12.6. The van der Waals surface area contributed by atoms with Gasteiger partial charge in [0.25, 0.3) is 0 Å². The Morgan fingerprint density at radius 3 is 1.51 bits per heavy atom. The van der Waals surface area contributed by atoms with Crippen LogP contribution in [0, 0.1) is 13.8 Å². The van der Waals surface area contributed by atoms with E-state index in [0.717, 1.165) is 6.16 Å². The molecule has 3 aromatic rings. The molecule has 0 N–H and O–H groups in total. The van der Waals surface area contributed by atoms with E-state index in [2.05, 4.69) is 143 Å². The first kappa shape index (κ1) is 23.5. The molecule has 0 bridgehead atoms. The lowest BCUT2D eigenvalue weighted by Gasteiger charge is -2.28. The molecule has 2 aliphatic rings. The minimum Gasteiger partial charge on any atom is -0.0620 e. The molecule has 2 aliphatic carbocycles. The van der Waals surface area contributed by atoms with E-state index in [9.17, 15) is 0 Å². The molecule has 0 saturated carbocycles. The fourth-order valence-corrected chi connectivity index (χ4v) is 9.71. The van der Waals surface area contributed by atoms with Crippen molar-refractivity contribution in [2.45, 2.75) is 39.8 Å². The molecule has 5 rings (SSSR count). The highest BCUT2D eigenvalue weighted by molar-refractivity contribution is 7.95. The van der Waals surface area contributed by atoms with Gasteiger partial charge in [-0.1, -0.05) is 92.7 Å². The van der Waals surface area contributed by atoms with Crippen molar-refractivity contribution < 1.29 is 0 Å². The zero-order chi connectivity index (χ0) is 24.4. The zero-order valence-corrected chi connectivity index (χ0v) is 22.1. The van der Waals surface area contributed by atoms with E-state index in [4.69, 9.17) is 0 Å². The Balaban J connectivity index is 1.79. The Kier molecular flexibility index (Phi) is 6.59. The van der Waals surface area contributed by atoms with Gasteiger partial charge in [0.1, 0.15) is 23.2 Å². The molecule has 0 fully saturated rings. The lowest BCUT2D eigenvalue weighted by molar-refractivity contribution is 0.868. The van der Waals surface area contributed by atoms with Crippen molar-refractivity contribution in [3.63, 3.8) is 0 Å². The van der Waals surface area contributed by atoms with Crippen LogP contribution < -0.4 is 15.9 Å². The maximum Gasteiger partial charge on any atom is 0.116 e. The first-order chi connectivity index (χ1) is 17.0. The summed E-state index contributed by atoms with van der Waals surface area (Å²) in [7, 11) is -1.94. The van der Waals surface area contributed by atoms with Crippen LogP contribution in [0.5, 0.6) is 0 Å². The van der Waals surface area contributed by atoms with E-state index < -0.39 is 7.26 Å². The Bertz CT molecular complexity index is 1290. The lowest BCUT2D eigenvalue weighted by Crippen LogP contribution is -2.32. The molecule has 0 amide bonds. The second-order valence-corrected chi connectivity index (χ2v) is 13.4. The molecule has 35 heavy (non-hydrogen) atoms. The number of hydrogen-bond donors (Lipinski definition) is 0. The number of fused-ring (bicyclic) bond motifs is 1. The number of benzene rings is 3. The third kappa shape index (κ3) is 4.33. The molecule has 0 aromatic heterocycles. The summed E-state index contributed by atoms with van der Waals surface area (Å²) in [5, 5.41) is 4.31. The molecule has 0 unspecified atom stereocenters. The molecule has 0 spiro atoms. The van der Waals surface area contributed by atoms with Crippen LogP contribution in [0.4, 0.5) is 0 Å². The molecular formula is C34H34P+. The van der Waals surface area contributed by atoms with Gasteiger partial charge in [0, 0.05) is 0 Å². The van der Waals surface area contributed by atoms with Crippen LogP contribution in [0.3, 0.4) is 0 Å². The van der Waals surface area contributed by atoms with Crippen LogP contribution in [0.15, 0.2) is 115 Å². The van der Waals surface area contributed by atoms with Crippen molar-refractivity contribution in [3.8, 4) is 11.1 Å². The highest BCUT2D eigenvalue weighted by Gasteiger charge is 2.46. The Morgan fingerprint density at radius 2 is 1.06 bits per heavy atom. The molecular weight excluding hydrogens is 439 g/mol. The van der Waals surface area contributed by atoms with Crippen LogP contribution in [0.25, 0.3) is 11.1 Å². The molecule has 0 saturated heterocycles. The van der Waals surface area contributed by atoms with E-state index in [0.29, 0.717) is 5.92 Å². The highest BCUT2D eigenvalue weighted by atomic mass is 31.2. The summed E-state index contributed by atoms with van der Waals surface area (Å²) in [5.41, 5.74) is 8.44. The molecule has 3 aromatic carbocycles. The summed E-state index contributed by atoms with van der Waals surface area (Å²) >= 11 is 0. The van der Waals surface area contributed by atoms with Crippen molar-refractivity contribution in [2.24, 2.45) is 0 Å². The van der Waals surface area contributed by atoms with Gasteiger partial charge in [0.15, 0.2) is 0 Å². The molecule has 174 valence electrons. The van der Waals surface area contributed by atoms with Gasteiger partial charge >= 0.3 is 0 Å². The summed E-state index contributed by atoms with van der Waals surface area (Å²) in [4.78, 5) is 0. The minimum absolute atomic E-state index is 0.507. The van der Waals surface area contributed by atoms with Gasteiger partial charge < -0.3 is 0 Å². The maximum absolute atomic E-state index is 2.46. The molecule has 0 nitrogen and oxygen atoms in total. The minimum atomic E-state index is -1.94. The predicted molar refractivity (Wildman–Crippen MR) is 155 cm³/mol. The summed E-state index contributed by atoms with van der Waals surface area (Å²) < 4.78 is 0. The highest BCUT2D eigenvalue weighted by Crippen LogP contribution is 2.59. The van der Waals surface area contributed by atoms with E-state index in [1.54, 1.807) is 0 Å². The third-order valence-corrected chi connectivity index (χ3v) is 11.7. The standard InChI is InChI=1S/C34H34P/c1-25(2)28-21-20-26(3)34-29(22-27(4)33(34)23-28)24-35(30-14-8-5-9-15-30,31-16-10-6-11-17-31)32-18-12-7-13-19-32/h5-23,25H,24H2,1-4H3/q+1. The van der Waals surface area contributed by atoms with Crippen LogP contribution in [-0.4, -0.2) is 0 Å². The molecule has 0 heterocycles. The van der Waals surface area contributed by atoms with Gasteiger partial charge in [-0.15, -0.1) is 0 Å². The predicted octanol–water partition coefficient (Wildman–Crippen LogP) is 8.03. The van der Waals surface area contributed by atoms with Crippen LogP contribution in [-0.2, 0) is 6.16 Å². The quantitative estimate of drug-likeness (QED) is 0.219. The molecule has 1 heteroatoms. The van der Waals surface area contributed by atoms with Crippen LogP contribution in [0.2, 0.25) is 0 Å². The SMILES string of the molecule is Cc1cc(C[P+](c2ccccc2)(c2ccccc2)c2ccccc2)c2c(C)ccc(C(C)C)cc1-2. The van der Waals surface area contributed by atoms with Gasteiger partial charge in [-0.05, 0) is 89.5 Å². The smallest absolute Gasteiger partial charge is 0.0620 e. The molecule has 0 radical (unpaired) electrons. The second kappa shape index (κ2) is 9.80. The van der Waals surface area contributed by atoms with Gasteiger partial charge in [-0.2, -0.15) is 0 Å². The summed E-state index contributed by atoms with van der Waals surface area (Å²) in [5.74, 6) is 0.507. The average Bonchev–Trinajstić information content (AvgIpc) is 3.08. The van der Waals surface area contributed by atoms with E-state index in [1.165, 1.54) is 49.3 Å². The van der Waals surface area contributed by atoms with E-state index >= 15 is 0 Å². The van der Waals surface area contributed by atoms with Crippen molar-refractivity contribution in [2.75, 3.05) is 0 Å². The summed E-state index contributed by atoms with van der Waals surface area (Å²) in [6.45, 7) is 9.13. The normalized spacial score (nSPS) is 11.8. The van der Waals surface area contributed by atoms with Crippen LogP contribution in [0.1, 0.15) is 42.0 Å². The van der Waals surface area contributed by atoms with Crippen molar-refractivity contribution in [1.82, 2.24) is 0 Å². The topological polar surface area (TPSA) is 0 Å².